The van der Waals surface area contributed by atoms with E-state index in [1.807, 2.05) is 6.92 Å². The molecule has 4 rings (SSSR count). The zero-order chi connectivity index (χ0) is 25.5. The van der Waals surface area contributed by atoms with Gasteiger partial charge in [-0.2, -0.15) is 0 Å². The standard InChI is InChI=1S/C27H22F2N4O3/c1-2-36-21-13-11-20(12-14-21)33(27(35)24-17-30-15-16-31-24)25(22-5-3-4-6-23(22)29)26(34)32-19-9-7-18(28)8-10-19/h3-17,25H,2H2,1H3,(H,32,34)/t25-/m1/s1. The lowest BCUT2D eigenvalue weighted by Gasteiger charge is -2.31. The van der Waals surface area contributed by atoms with Gasteiger partial charge in [0.1, 0.15) is 29.1 Å². The molecular weight excluding hydrogens is 466 g/mol. The highest BCUT2D eigenvalue weighted by atomic mass is 19.1. The van der Waals surface area contributed by atoms with Crippen molar-refractivity contribution in [3.63, 3.8) is 0 Å². The van der Waals surface area contributed by atoms with Crippen molar-refractivity contribution in [2.75, 3.05) is 16.8 Å². The van der Waals surface area contributed by atoms with E-state index in [0.717, 1.165) is 4.90 Å². The first kappa shape index (κ1) is 24.5. The fraction of sp³-hybridized carbons (Fsp3) is 0.111. The molecule has 2 amide bonds. The van der Waals surface area contributed by atoms with Crippen molar-refractivity contribution in [1.29, 1.82) is 0 Å². The number of rotatable bonds is 8. The number of anilines is 2. The highest BCUT2D eigenvalue weighted by Crippen LogP contribution is 2.33. The Morgan fingerprint density at radius 2 is 1.69 bits per heavy atom. The van der Waals surface area contributed by atoms with E-state index < -0.39 is 29.5 Å². The third-order valence-electron chi connectivity index (χ3n) is 5.25. The average molecular weight is 488 g/mol. The number of hydrogen-bond donors (Lipinski definition) is 1. The molecule has 3 aromatic carbocycles. The second kappa shape index (κ2) is 11.2. The Kier molecular flexibility index (Phi) is 7.60. The van der Waals surface area contributed by atoms with E-state index in [0.29, 0.717) is 18.0 Å². The van der Waals surface area contributed by atoms with Gasteiger partial charge in [0, 0.05) is 29.3 Å². The SMILES string of the molecule is CCOc1ccc(N(C(=O)c2cnccn2)[C@@H](C(=O)Nc2ccc(F)cc2)c2ccccc2F)cc1. The molecule has 0 radical (unpaired) electrons. The summed E-state index contributed by atoms with van der Waals surface area (Å²) in [5, 5.41) is 2.66. The molecule has 36 heavy (non-hydrogen) atoms. The van der Waals surface area contributed by atoms with Gasteiger partial charge >= 0.3 is 0 Å². The zero-order valence-corrected chi connectivity index (χ0v) is 19.3. The molecule has 9 heteroatoms. The number of carbonyl (C=O) groups excluding carboxylic acids is 2. The minimum Gasteiger partial charge on any atom is -0.494 e. The predicted octanol–water partition coefficient (Wildman–Crippen LogP) is 5.18. The van der Waals surface area contributed by atoms with Crippen LogP contribution in [0.1, 0.15) is 29.0 Å². The van der Waals surface area contributed by atoms with Crippen LogP contribution in [0, 0.1) is 11.6 Å². The maximum absolute atomic E-state index is 15.1. The number of benzene rings is 3. The lowest BCUT2D eigenvalue weighted by Crippen LogP contribution is -2.42. The van der Waals surface area contributed by atoms with Crippen molar-refractivity contribution in [2.24, 2.45) is 0 Å². The molecule has 7 nitrogen and oxygen atoms in total. The van der Waals surface area contributed by atoms with Gasteiger partial charge in [-0.15, -0.1) is 0 Å². The third kappa shape index (κ3) is 5.52. The van der Waals surface area contributed by atoms with Gasteiger partial charge in [-0.25, -0.2) is 13.8 Å². The van der Waals surface area contributed by atoms with Crippen LogP contribution in [0.15, 0.2) is 91.4 Å². The van der Waals surface area contributed by atoms with E-state index in [1.165, 1.54) is 61.1 Å². The topological polar surface area (TPSA) is 84.4 Å². The van der Waals surface area contributed by atoms with Crippen LogP contribution in [0.4, 0.5) is 20.2 Å². The van der Waals surface area contributed by atoms with Crippen molar-refractivity contribution < 1.29 is 23.1 Å². The van der Waals surface area contributed by atoms with Crippen LogP contribution >= 0.6 is 0 Å². The van der Waals surface area contributed by atoms with Gasteiger partial charge in [0.2, 0.25) is 0 Å². The molecule has 1 atom stereocenters. The summed E-state index contributed by atoms with van der Waals surface area (Å²) < 4.78 is 34.0. The molecule has 0 saturated heterocycles. The molecule has 1 aromatic heterocycles. The van der Waals surface area contributed by atoms with Crippen molar-refractivity contribution in [1.82, 2.24) is 9.97 Å². The molecule has 0 saturated carbocycles. The number of hydrogen-bond acceptors (Lipinski definition) is 5. The van der Waals surface area contributed by atoms with Crippen molar-refractivity contribution in [3.8, 4) is 5.75 Å². The maximum Gasteiger partial charge on any atom is 0.279 e. The highest BCUT2D eigenvalue weighted by Gasteiger charge is 2.36. The van der Waals surface area contributed by atoms with Gasteiger partial charge in [-0.05, 0) is 61.5 Å². The molecule has 182 valence electrons. The van der Waals surface area contributed by atoms with Crippen LogP contribution in [-0.4, -0.2) is 28.4 Å². The third-order valence-corrected chi connectivity index (χ3v) is 5.25. The molecule has 1 N–H and O–H groups in total. The first-order valence-electron chi connectivity index (χ1n) is 11.1. The predicted molar refractivity (Wildman–Crippen MR) is 131 cm³/mol. The largest absolute Gasteiger partial charge is 0.494 e. The van der Waals surface area contributed by atoms with Crippen molar-refractivity contribution in [3.05, 3.63) is 114 Å². The second-order valence-electron chi connectivity index (χ2n) is 7.61. The number of carbonyl (C=O) groups is 2. The lowest BCUT2D eigenvalue weighted by molar-refractivity contribution is -0.117. The van der Waals surface area contributed by atoms with E-state index in [9.17, 15) is 14.0 Å². The summed E-state index contributed by atoms with van der Waals surface area (Å²) in [5.41, 5.74) is 0.503. The van der Waals surface area contributed by atoms with E-state index in [-0.39, 0.29) is 16.9 Å². The van der Waals surface area contributed by atoms with E-state index in [2.05, 4.69) is 15.3 Å². The Hall–Kier alpha value is -4.66. The summed E-state index contributed by atoms with van der Waals surface area (Å²) in [6.07, 6.45) is 4.02. The Bertz CT molecular complexity index is 1330. The summed E-state index contributed by atoms with van der Waals surface area (Å²) in [5.74, 6) is -1.98. The first-order valence-corrected chi connectivity index (χ1v) is 11.1. The van der Waals surface area contributed by atoms with E-state index in [1.54, 1.807) is 30.3 Å². The second-order valence-corrected chi connectivity index (χ2v) is 7.61. The van der Waals surface area contributed by atoms with Crippen LogP contribution in [0.5, 0.6) is 5.75 Å². The fourth-order valence-electron chi connectivity index (χ4n) is 3.62. The minimum absolute atomic E-state index is 0.0387. The molecule has 0 aliphatic carbocycles. The van der Waals surface area contributed by atoms with Crippen LogP contribution in [0.25, 0.3) is 0 Å². The number of nitrogens with zero attached hydrogens (tertiary/aromatic N) is 3. The van der Waals surface area contributed by atoms with Gasteiger partial charge in [-0.1, -0.05) is 18.2 Å². The number of ether oxygens (including phenoxy) is 1. The van der Waals surface area contributed by atoms with Gasteiger partial charge in [-0.3, -0.25) is 19.5 Å². The van der Waals surface area contributed by atoms with Crippen LogP contribution in [-0.2, 0) is 4.79 Å². The quantitative estimate of drug-likeness (QED) is 0.370. The summed E-state index contributed by atoms with van der Waals surface area (Å²) in [4.78, 5) is 36.5. The molecule has 0 aliphatic heterocycles. The summed E-state index contributed by atoms with van der Waals surface area (Å²) in [7, 11) is 0. The minimum atomic E-state index is -1.44. The molecule has 0 spiro atoms. The maximum atomic E-state index is 15.1. The van der Waals surface area contributed by atoms with Crippen LogP contribution < -0.4 is 15.0 Å². The Morgan fingerprint density at radius 3 is 2.33 bits per heavy atom. The summed E-state index contributed by atoms with van der Waals surface area (Å²) in [6.45, 7) is 2.28. The zero-order valence-electron chi connectivity index (χ0n) is 19.3. The van der Waals surface area contributed by atoms with Crippen LogP contribution in [0.2, 0.25) is 0 Å². The smallest absolute Gasteiger partial charge is 0.279 e. The Morgan fingerprint density at radius 1 is 0.972 bits per heavy atom. The van der Waals surface area contributed by atoms with Gasteiger partial charge < -0.3 is 10.1 Å². The summed E-state index contributed by atoms with van der Waals surface area (Å²) in [6, 6.07) is 15.8. The fourth-order valence-corrected chi connectivity index (χ4v) is 3.62. The van der Waals surface area contributed by atoms with Gasteiger partial charge in [0.25, 0.3) is 11.8 Å². The molecular formula is C27H22F2N4O3. The molecule has 4 aromatic rings. The highest BCUT2D eigenvalue weighted by molar-refractivity contribution is 6.11. The van der Waals surface area contributed by atoms with Crippen LogP contribution in [0.3, 0.4) is 0 Å². The van der Waals surface area contributed by atoms with E-state index >= 15 is 4.39 Å². The molecule has 0 aliphatic rings. The van der Waals surface area contributed by atoms with Crippen molar-refractivity contribution in [2.45, 2.75) is 13.0 Å². The normalized spacial score (nSPS) is 11.4. The van der Waals surface area contributed by atoms with Gasteiger partial charge in [0.05, 0.1) is 12.8 Å². The molecule has 1 heterocycles. The van der Waals surface area contributed by atoms with E-state index in [4.69, 9.17) is 4.74 Å². The number of nitrogens with one attached hydrogen (secondary N) is 1. The molecule has 0 bridgehead atoms. The number of aromatic nitrogens is 2. The summed E-state index contributed by atoms with van der Waals surface area (Å²) >= 11 is 0. The molecule has 0 unspecified atom stereocenters. The Balaban J connectivity index is 1.84. The lowest BCUT2D eigenvalue weighted by atomic mass is 10.0. The molecule has 0 fully saturated rings. The van der Waals surface area contributed by atoms with Gasteiger partial charge in [0.15, 0.2) is 0 Å². The first-order chi connectivity index (χ1) is 17.5. The monoisotopic (exact) mass is 488 g/mol. The average Bonchev–Trinajstić information content (AvgIpc) is 2.90. The number of halogens is 2. The van der Waals surface area contributed by atoms with Crippen molar-refractivity contribution >= 4 is 23.2 Å². The Labute approximate surface area is 206 Å². The number of amides is 2.